The number of carbonyl (C=O) groups is 1. The Bertz CT molecular complexity index is 1220. The van der Waals surface area contributed by atoms with Crippen molar-refractivity contribution < 1.29 is 9.18 Å². The van der Waals surface area contributed by atoms with Crippen LogP contribution in [-0.4, -0.2) is 21.9 Å². The SMILES string of the molecule is C[C@H]1CCc2cc(F)ccc2N1C(=O)[C@]12CC[C@H](c3nc(C#N)c(C#N)nc31)C2(C)C. The van der Waals surface area contributed by atoms with Gasteiger partial charge in [0.15, 0.2) is 11.4 Å². The van der Waals surface area contributed by atoms with Gasteiger partial charge < -0.3 is 4.90 Å². The Morgan fingerprint density at radius 3 is 2.61 bits per heavy atom. The lowest BCUT2D eigenvalue weighted by atomic mass is 9.67. The molecule has 1 aliphatic heterocycles. The topological polar surface area (TPSA) is 93.7 Å². The molecule has 2 aliphatic carbocycles. The lowest BCUT2D eigenvalue weighted by molar-refractivity contribution is -0.127. The van der Waals surface area contributed by atoms with Crippen LogP contribution in [0.5, 0.6) is 0 Å². The van der Waals surface area contributed by atoms with Crippen LogP contribution in [0.2, 0.25) is 0 Å². The predicted molar refractivity (Wildman–Crippen MR) is 111 cm³/mol. The molecule has 2 aromatic rings. The second-order valence-corrected chi connectivity index (χ2v) is 9.43. The fourth-order valence-corrected chi connectivity index (χ4v) is 6.12. The average molecular weight is 415 g/mol. The molecule has 3 aliphatic rings. The van der Waals surface area contributed by atoms with Crippen molar-refractivity contribution >= 4 is 11.6 Å². The highest BCUT2D eigenvalue weighted by atomic mass is 19.1. The van der Waals surface area contributed by atoms with E-state index in [1.54, 1.807) is 6.07 Å². The van der Waals surface area contributed by atoms with Gasteiger partial charge >= 0.3 is 0 Å². The Morgan fingerprint density at radius 2 is 1.90 bits per heavy atom. The Morgan fingerprint density at radius 1 is 1.19 bits per heavy atom. The van der Waals surface area contributed by atoms with Gasteiger partial charge in [-0.05, 0) is 61.8 Å². The van der Waals surface area contributed by atoms with Gasteiger partial charge in [-0.15, -0.1) is 0 Å². The van der Waals surface area contributed by atoms with Crippen molar-refractivity contribution in [2.75, 3.05) is 4.90 Å². The van der Waals surface area contributed by atoms with Crippen molar-refractivity contribution in [2.45, 2.75) is 63.8 Å². The molecule has 7 heteroatoms. The van der Waals surface area contributed by atoms with Gasteiger partial charge in [0.25, 0.3) is 0 Å². The maximum Gasteiger partial charge on any atom is 0.240 e. The van der Waals surface area contributed by atoms with Gasteiger partial charge in [0.2, 0.25) is 5.91 Å². The third-order valence-electron chi connectivity index (χ3n) is 7.81. The number of nitriles is 2. The van der Waals surface area contributed by atoms with E-state index in [0.29, 0.717) is 17.8 Å². The molecule has 1 amide bonds. The van der Waals surface area contributed by atoms with E-state index in [9.17, 15) is 19.7 Å². The zero-order valence-corrected chi connectivity index (χ0v) is 17.7. The number of halogens is 1. The summed E-state index contributed by atoms with van der Waals surface area (Å²) in [4.78, 5) is 25.2. The number of hydrogen-bond donors (Lipinski definition) is 0. The summed E-state index contributed by atoms with van der Waals surface area (Å²) in [6, 6.07) is 8.49. The Hall–Kier alpha value is -3.32. The van der Waals surface area contributed by atoms with Crippen molar-refractivity contribution in [1.82, 2.24) is 9.97 Å². The van der Waals surface area contributed by atoms with Crippen molar-refractivity contribution in [2.24, 2.45) is 5.41 Å². The third-order valence-corrected chi connectivity index (χ3v) is 7.81. The van der Waals surface area contributed by atoms with Crippen LogP contribution < -0.4 is 4.90 Å². The van der Waals surface area contributed by atoms with Crippen molar-refractivity contribution in [3.63, 3.8) is 0 Å². The van der Waals surface area contributed by atoms with Gasteiger partial charge in [0.1, 0.15) is 18.0 Å². The highest BCUT2D eigenvalue weighted by Gasteiger charge is 2.69. The molecule has 1 aromatic heterocycles. The fourth-order valence-electron chi connectivity index (χ4n) is 6.12. The van der Waals surface area contributed by atoms with E-state index in [4.69, 9.17) is 0 Å². The summed E-state index contributed by atoms with van der Waals surface area (Å²) in [5.74, 6) is -0.381. The van der Waals surface area contributed by atoms with E-state index in [2.05, 4.69) is 23.8 Å². The van der Waals surface area contributed by atoms with E-state index in [-0.39, 0.29) is 35.1 Å². The Kier molecular flexibility index (Phi) is 4.02. The zero-order chi connectivity index (χ0) is 22.1. The van der Waals surface area contributed by atoms with E-state index < -0.39 is 10.8 Å². The van der Waals surface area contributed by atoms with Crippen LogP contribution >= 0.6 is 0 Å². The molecule has 0 saturated heterocycles. The molecule has 156 valence electrons. The minimum atomic E-state index is -0.934. The summed E-state index contributed by atoms with van der Waals surface area (Å²) in [6.07, 6.45) is 2.85. The first-order valence-electron chi connectivity index (χ1n) is 10.6. The number of fused-ring (bicyclic) bond motifs is 6. The zero-order valence-electron chi connectivity index (χ0n) is 17.7. The van der Waals surface area contributed by atoms with Crippen molar-refractivity contribution in [1.29, 1.82) is 10.5 Å². The lowest BCUT2D eigenvalue weighted by Gasteiger charge is -2.44. The monoisotopic (exact) mass is 415 g/mol. The number of hydrogen-bond acceptors (Lipinski definition) is 5. The number of carbonyl (C=O) groups excluding carboxylic acids is 1. The number of amides is 1. The maximum atomic E-state index is 14.4. The molecule has 0 unspecified atom stereocenters. The van der Waals surface area contributed by atoms with Gasteiger partial charge in [-0.1, -0.05) is 13.8 Å². The molecule has 31 heavy (non-hydrogen) atoms. The first kappa shape index (κ1) is 19.6. The summed E-state index contributed by atoms with van der Waals surface area (Å²) in [6.45, 7) is 6.13. The maximum absolute atomic E-state index is 14.4. The number of rotatable bonds is 1. The largest absolute Gasteiger partial charge is 0.309 e. The van der Waals surface area contributed by atoms with Crippen LogP contribution in [0.25, 0.3) is 0 Å². The molecule has 2 heterocycles. The molecule has 0 N–H and O–H groups in total. The minimum Gasteiger partial charge on any atom is -0.309 e. The lowest BCUT2D eigenvalue weighted by Crippen LogP contribution is -2.55. The Labute approximate surface area is 180 Å². The number of anilines is 1. The molecule has 1 aromatic carbocycles. The van der Waals surface area contributed by atoms with Crippen LogP contribution in [0.4, 0.5) is 10.1 Å². The smallest absolute Gasteiger partial charge is 0.240 e. The summed E-state index contributed by atoms with van der Waals surface area (Å²) in [5.41, 5.74) is 1.36. The number of aromatic nitrogens is 2. The van der Waals surface area contributed by atoms with E-state index in [1.807, 2.05) is 24.0 Å². The summed E-state index contributed by atoms with van der Waals surface area (Å²) in [7, 11) is 0. The van der Waals surface area contributed by atoms with E-state index in [1.165, 1.54) is 12.1 Å². The molecular weight excluding hydrogens is 393 g/mol. The second kappa shape index (κ2) is 6.34. The molecule has 0 radical (unpaired) electrons. The summed E-state index contributed by atoms with van der Waals surface area (Å²) >= 11 is 0. The Balaban J connectivity index is 1.72. The molecule has 1 fully saturated rings. The number of nitrogens with zero attached hydrogens (tertiary/aromatic N) is 5. The highest BCUT2D eigenvalue weighted by molar-refractivity contribution is 6.04. The van der Waals surface area contributed by atoms with Gasteiger partial charge in [0.05, 0.1) is 16.8 Å². The van der Waals surface area contributed by atoms with Gasteiger partial charge in [-0.25, -0.2) is 14.4 Å². The van der Waals surface area contributed by atoms with Crippen LogP contribution in [0.1, 0.15) is 74.3 Å². The average Bonchev–Trinajstić information content (AvgIpc) is 3.13. The summed E-state index contributed by atoms with van der Waals surface area (Å²) < 4.78 is 13.9. The first-order chi connectivity index (χ1) is 14.8. The highest BCUT2D eigenvalue weighted by Crippen LogP contribution is 2.67. The summed E-state index contributed by atoms with van der Waals surface area (Å²) in [5, 5.41) is 18.9. The van der Waals surface area contributed by atoms with Gasteiger partial charge in [0, 0.05) is 17.6 Å². The van der Waals surface area contributed by atoms with E-state index >= 15 is 0 Å². The van der Waals surface area contributed by atoms with Crippen LogP contribution in [-0.2, 0) is 16.6 Å². The molecular formula is C24H22FN5O. The quantitative estimate of drug-likeness (QED) is 0.704. The first-order valence-corrected chi connectivity index (χ1v) is 10.6. The number of aryl methyl sites for hydroxylation is 1. The molecule has 3 atom stereocenters. The fraction of sp³-hybridized carbons (Fsp3) is 0.458. The normalized spacial score (nSPS) is 27.2. The van der Waals surface area contributed by atoms with Gasteiger partial charge in [-0.2, -0.15) is 10.5 Å². The van der Waals surface area contributed by atoms with Crippen LogP contribution in [0.15, 0.2) is 18.2 Å². The van der Waals surface area contributed by atoms with E-state index in [0.717, 1.165) is 30.5 Å². The molecule has 6 nitrogen and oxygen atoms in total. The second-order valence-electron chi connectivity index (χ2n) is 9.43. The van der Waals surface area contributed by atoms with Crippen LogP contribution in [0.3, 0.4) is 0 Å². The standard InChI is InChI=1S/C24H22FN5O/c1-13-4-5-14-10-15(25)6-7-19(14)30(13)22(31)24-9-8-16(23(24,2)3)20-21(24)29-18(12-27)17(11-26)28-20/h6-7,10,13,16H,4-5,8-9H2,1-3H3/t13-,16+,24-/m0/s1. The van der Waals surface area contributed by atoms with Gasteiger partial charge in [-0.3, -0.25) is 4.79 Å². The third kappa shape index (κ3) is 2.32. The van der Waals surface area contributed by atoms with Crippen molar-refractivity contribution in [3.05, 3.63) is 52.4 Å². The number of benzene rings is 1. The molecule has 0 spiro atoms. The van der Waals surface area contributed by atoms with Crippen LogP contribution in [0, 0.1) is 33.9 Å². The predicted octanol–water partition coefficient (Wildman–Crippen LogP) is 3.88. The van der Waals surface area contributed by atoms with Crippen molar-refractivity contribution in [3.8, 4) is 12.1 Å². The molecule has 5 rings (SSSR count). The molecule has 1 saturated carbocycles. The minimum absolute atomic E-state index is 0.00780. The molecule has 2 bridgehead atoms.